The van der Waals surface area contributed by atoms with Crippen molar-refractivity contribution in [3.8, 4) is 0 Å². The van der Waals surface area contributed by atoms with Gasteiger partial charge in [-0.3, -0.25) is 0 Å². The monoisotopic (exact) mass is 1290 g/mol. The van der Waals surface area contributed by atoms with E-state index in [1.807, 2.05) is 26.2 Å². The maximum atomic E-state index is 11.5. The van der Waals surface area contributed by atoms with Crippen LogP contribution in [0, 0.1) is 0 Å². The van der Waals surface area contributed by atoms with Crippen LogP contribution in [0.2, 0.25) is 223 Å². The van der Waals surface area contributed by atoms with E-state index in [0.717, 1.165) is 0 Å². The third-order valence-electron chi connectivity index (χ3n) is 5.12. The van der Waals surface area contributed by atoms with Crippen LogP contribution in [0.1, 0.15) is 44.6 Å². The molecule has 1 saturated heterocycles. The molecule has 0 aromatic carbocycles. The van der Waals surface area contributed by atoms with Gasteiger partial charge < -0.3 is 55.5 Å². The van der Waals surface area contributed by atoms with Gasteiger partial charge in [-0.1, -0.05) is 112 Å². The number of halogens is 1. The predicted octanol–water partition coefficient (Wildman–Crippen LogP) is 4.87. The minimum Gasteiger partial charge on any atom is -0.859 e. The molecular weight excluding hydrogens is 1170 g/mol. The summed E-state index contributed by atoms with van der Waals surface area (Å²) in [5.74, 6) is 0. The summed E-state index contributed by atoms with van der Waals surface area (Å²) in [4.78, 5) is 33.2. The fraction of sp³-hybridized carbons (Fsp3) is 1.00. The minimum atomic E-state index is -2.68. The summed E-state index contributed by atoms with van der Waals surface area (Å²) >= 11 is 5.41. The van der Waals surface area contributed by atoms with Gasteiger partial charge in [0.15, 0.2) is 34.0 Å². The summed E-state index contributed by atoms with van der Waals surface area (Å²) in [5.41, 5.74) is 0. The molecule has 0 aliphatic carbocycles. The van der Waals surface area contributed by atoms with Crippen LogP contribution in [-0.2, 0) is 41.2 Å². The van der Waals surface area contributed by atoms with Gasteiger partial charge in [0.25, 0.3) is 0 Å². The minimum absolute atomic E-state index is 0. The van der Waals surface area contributed by atoms with E-state index in [1.165, 1.54) is 0 Å². The third-order valence-corrected chi connectivity index (χ3v) is 46.1. The molecule has 13 nitrogen and oxygen atoms in total. The summed E-state index contributed by atoms with van der Waals surface area (Å²) in [6, 6.07) is 0. The van der Waals surface area contributed by atoms with E-state index < -0.39 is 127 Å². The zero-order valence-corrected chi connectivity index (χ0v) is 66.4. The second kappa shape index (κ2) is 43.5. The summed E-state index contributed by atoms with van der Waals surface area (Å²) in [5, 5.41) is 0. The number of hydrogen-bond acceptors (Lipinski definition) is 13. The Hall–Kier alpha value is 4.82. The smallest absolute Gasteiger partial charge is 0.859 e. The first-order valence-electron chi connectivity index (χ1n) is 22.3. The first-order valence-corrected chi connectivity index (χ1v) is 68.1. The summed E-state index contributed by atoms with van der Waals surface area (Å²) in [7, 11) is -27.5. The van der Waals surface area contributed by atoms with Crippen LogP contribution in [0.3, 0.4) is 0 Å². The molecule has 0 N–H and O–H groups in total. The van der Waals surface area contributed by atoms with E-state index in [2.05, 4.69) is 151 Å². The molecule has 0 atom stereocenters. The molecular formula is C40H128ClLi3O13Si15. The van der Waals surface area contributed by atoms with Crippen molar-refractivity contribution in [1.82, 2.24) is 0 Å². The number of rotatable bonds is 14. The van der Waals surface area contributed by atoms with E-state index in [4.69, 9.17) is 52.2 Å². The Kier molecular flexibility index (Phi) is 67.5. The average Bonchev–Trinajstić information content (AvgIpc) is 2.69. The fourth-order valence-electron chi connectivity index (χ4n) is 6.48. The van der Waals surface area contributed by atoms with Crippen molar-refractivity contribution in [2.45, 2.75) is 267 Å². The van der Waals surface area contributed by atoms with Crippen LogP contribution >= 0.6 is 11.1 Å². The Labute approximate surface area is 512 Å². The molecule has 1 heterocycles. The molecule has 0 bridgehead atoms. The topological polar surface area (TPSA) is 161 Å². The molecule has 436 valence electrons. The average molecular weight is 1300 g/mol. The largest absolute Gasteiger partial charge is 1.00 e. The van der Waals surface area contributed by atoms with Crippen molar-refractivity contribution < 1.29 is 112 Å². The van der Waals surface area contributed by atoms with Gasteiger partial charge in [0.2, 0.25) is 0 Å². The first kappa shape index (κ1) is 112. The number of hydrogen-bond donors (Lipinski definition) is 0. The van der Waals surface area contributed by atoms with Gasteiger partial charge in [0, 0.05) is 0 Å². The van der Waals surface area contributed by atoms with Crippen LogP contribution in [-0.4, -0.2) is 127 Å². The van der Waals surface area contributed by atoms with Crippen LogP contribution in [0.5, 0.6) is 0 Å². The molecule has 0 aromatic rings. The summed E-state index contributed by atoms with van der Waals surface area (Å²) in [6.07, 6.45) is 0. The molecule has 0 saturated carbocycles. The van der Waals surface area contributed by atoms with Crippen LogP contribution < -0.4 is 71.0 Å². The predicted molar refractivity (Wildman–Crippen MR) is 346 cm³/mol. The Balaban J connectivity index is -0.0000000473. The Morgan fingerprint density at radius 3 is 0.625 bits per heavy atom. The molecule has 1 aliphatic heterocycles. The second-order valence-electron chi connectivity index (χ2n) is 24.1. The molecule has 32 heteroatoms. The zero-order valence-electron chi connectivity index (χ0n) is 50.3. The van der Waals surface area contributed by atoms with Gasteiger partial charge in [0.1, 0.15) is 8.11 Å². The van der Waals surface area contributed by atoms with Crippen molar-refractivity contribution in [1.29, 1.82) is 0 Å². The second-order valence-corrected chi connectivity index (χ2v) is 81.3. The van der Waals surface area contributed by atoms with Crippen molar-refractivity contribution in [3.63, 3.8) is 0 Å². The molecule has 1 fully saturated rings. The first-order chi connectivity index (χ1) is 26.5. The van der Waals surface area contributed by atoms with E-state index in [-0.39, 0.29) is 101 Å². The maximum absolute atomic E-state index is 11.5. The van der Waals surface area contributed by atoms with Gasteiger partial charge in [-0.15, -0.1) is 0 Å². The summed E-state index contributed by atoms with van der Waals surface area (Å²) < 4.78 is 58.8. The van der Waals surface area contributed by atoms with E-state index in [9.17, 15) is 14.4 Å². The van der Waals surface area contributed by atoms with Gasteiger partial charge in [-0.05, 0) is 164 Å². The van der Waals surface area contributed by atoms with Crippen molar-refractivity contribution >= 4 is 139 Å². The molecule has 0 radical (unpaired) electrons. The molecule has 0 unspecified atom stereocenters. The van der Waals surface area contributed by atoms with E-state index in [1.54, 1.807) is 45.8 Å². The van der Waals surface area contributed by atoms with Gasteiger partial charge >= 0.3 is 117 Å². The molecule has 0 amide bonds. The maximum Gasteiger partial charge on any atom is 1.00 e. The van der Waals surface area contributed by atoms with Gasteiger partial charge in [-0.2, -0.15) is 11.1 Å². The fourth-order valence-corrected chi connectivity index (χ4v) is 61.0. The van der Waals surface area contributed by atoms with E-state index in [0.29, 0.717) is 0 Å². The molecule has 1 rings (SSSR count). The van der Waals surface area contributed by atoms with Gasteiger partial charge in [-0.25, -0.2) is 0 Å². The molecule has 0 aromatic heterocycles. The van der Waals surface area contributed by atoms with Crippen molar-refractivity contribution in [2.24, 2.45) is 0 Å². The van der Waals surface area contributed by atoms with Crippen LogP contribution in [0.4, 0.5) is 0 Å². The molecule has 1 aliphatic rings. The Bertz CT molecular complexity index is 1130. The van der Waals surface area contributed by atoms with Crippen molar-refractivity contribution in [2.75, 3.05) is 0 Å². The normalized spacial score (nSPS) is 15.2. The van der Waals surface area contributed by atoms with Crippen LogP contribution in [0.25, 0.3) is 0 Å². The van der Waals surface area contributed by atoms with Crippen LogP contribution in [0.15, 0.2) is 0 Å². The molecule has 0 spiro atoms. The Morgan fingerprint density at radius 1 is 0.347 bits per heavy atom. The summed E-state index contributed by atoms with van der Waals surface area (Å²) in [6.45, 7) is 68.7. The SMILES string of the molecule is C.C.C.C.C.C.C[SiH](C)Cl.C[SiH](C)O[Si](C)(C)O[Si](C)(C)O[Si](C)(C)C.C[Si](C)(C)O[Si](C)(C)O[Si](C)(C)[O-].C[Si](C)(C)O[Si](C)(C)O[Si](C)(C)[O-].C[Si](C)(C)[O-].C[Si]1(C)O[Si](C)(C)O[Si](C)(C)O1.[Li+].[Li+].[Li+]. The van der Waals surface area contributed by atoms with E-state index >= 15 is 0 Å². The van der Waals surface area contributed by atoms with Gasteiger partial charge in [0.05, 0.1) is 17.1 Å². The Morgan fingerprint density at radius 2 is 0.500 bits per heavy atom. The third kappa shape index (κ3) is 100. The standard InChI is InChI=1S/C9H28O3Si4.2C7H21O3Si3.C6H18O3Si3.C3H9OSi.C2H7ClSi.6CH4.3Li/c1-13(2)10-15(6,7)12-16(8,9)11-14(3,4)5;2*1-11(2,3)9-13(6,7)10-12(4,5)8;1-10(2)7-11(3,4)9-12(5,6)8-10;1-5(2,3)4;1-4(2)3;;;;;;;;;/h13H,1-9H3;2*1-7H3;1-6H3;1-3H3;4H,1-2H3;6*1H4;;;/q;2*-1;;-1;;;;;;;;3*+1. The van der Waals surface area contributed by atoms with Crippen molar-refractivity contribution in [3.05, 3.63) is 0 Å². The zero-order chi connectivity index (χ0) is 52.7. The molecule has 72 heavy (non-hydrogen) atoms. The quantitative estimate of drug-likeness (QED) is 0.172.